The second-order valence-electron chi connectivity index (χ2n) is 3.52. The number of amidine groups is 1. The normalized spacial score (nSPS) is 25.2. The van der Waals surface area contributed by atoms with E-state index < -0.39 is 0 Å². The monoisotopic (exact) mass is 168 g/mol. The van der Waals surface area contributed by atoms with E-state index in [1.807, 2.05) is 0 Å². The molecule has 0 aromatic heterocycles. The predicted molar refractivity (Wildman–Crippen MR) is 48.5 cm³/mol. The summed E-state index contributed by atoms with van der Waals surface area (Å²) in [4.78, 5) is 4.39. The Morgan fingerprint density at radius 2 is 2.25 bits per heavy atom. The molecule has 68 valence electrons. The van der Waals surface area contributed by atoms with Crippen molar-refractivity contribution < 1.29 is 4.74 Å². The summed E-state index contributed by atoms with van der Waals surface area (Å²) >= 11 is 0. The van der Waals surface area contributed by atoms with Crippen LogP contribution in [-0.2, 0) is 4.74 Å². The first-order chi connectivity index (χ1) is 5.95. The van der Waals surface area contributed by atoms with Crippen LogP contribution in [0.5, 0.6) is 0 Å². The number of aliphatic imine (C=N–C) groups is 1. The van der Waals surface area contributed by atoms with Crippen molar-refractivity contribution in [3.63, 3.8) is 0 Å². The highest BCUT2D eigenvalue weighted by molar-refractivity contribution is 5.83. The number of nitrogens with zero attached hydrogens (tertiary/aromatic N) is 1. The van der Waals surface area contributed by atoms with Gasteiger partial charge in [0, 0.05) is 26.2 Å². The van der Waals surface area contributed by atoms with Gasteiger partial charge in [-0.05, 0) is 18.8 Å². The van der Waals surface area contributed by atoms with Crippen LogP contribution >= 0.6 is 0 Å². The molecule has 0 aliphatic carbocycles. The second-order valence-corrected chi connectivity index (χ2v) is 3.52. The molecule has 2 rings (SSSR count). The van der Waals surface area contributed by atoms with Crippen molar-refractivity contribution in [2.75, 3.05) is 26.3 Å². The quantitative estimate of drug-likeness (QED) is 0.662. The van der Waals surface area contributed by atoms with Gasteiger partial charge in [-0.25, -0.2) is 0 Å². The minimum atomic E-state index is 0.808. The van der Waals surface area contributed by atoms with Gasteiger partial charge in [0.05, 0.1) is 12.4 Å². The zero-order chi connectivity index (χ0) is 8.23. The third-order valence-corrected chi connectivity index (χ3v) is 2.57. The van der Waals surface area contributed by atoms with E-state index in [4.69, 9.17) is 4.74 Å². The fourth-order valence-corrected chi connectivity index (χ4v) is 1.81. The molecule has 12 heavy (non-hydrogen) atoms. The summed E-state index contributed by atoms with van der Waals surface area (Å²) in [5.41, 5.74) is 0. The first-order valence-corrected chi connectivity index (χ1v) is 4.80. The maximum absolute atomic E-state index is 5.30. The molecule has 0 amide bonds. The number of hydrogen-bond donors (Lipinski definition) is 1. The molecular formula is C9H16N2O. The highest BCUT2D eigenvalue weighted by atomic mass is 16.5. The summed E-state index contributed by atoms with van der Waals surface area (Å²) in [5.74, 6) is 2.03. The Bertz CT molecular complexity index is 173. The Labute approximate surface area is 73.2 Å². The molecule has 0 aromatic rings. The number of ether oxygens (including phenoxy) is 1. The molecule has 0 unspecified atom stereocenters. The van der Waals surface area contributed by atoms with Gasteiger partial charge in [-0.2, -0.15) is 0 Å². The first-order valence-electron chi connectivity index (χ1n) is 4.80. The standard InChI is InChI=1S/C9H16N2O/c1-5-12-6-2-8(1)7-9-10-3-4-11-9/h8H,1-7H2,(H,10,11). The van der Waals surface area contributed by atoms with Gasteiger partial charge in [0.2, 0.25) is 0 Å². The lowest BCUT2D eigenvalue weighted by atomic mass is 9.96. The zero-order valence-electron chi connectivity index (χ0n) is 7.38. The molecule has 0 atom stereocenters. The fourth-order valence-electron chi connectivity index (χ4n) is 1.81. The van der Waals surface area contributed by atoms with Crippen molar-refractivity contribution >= 4 is 5.84 Å². The van der Waals surface area contributed by atoms with Crippen molar-refractivity contribution in [3.8, 4) is 0 Å². The van der Waals surface area contributed by atoms with E-state index in [0.717, 1.165) is 38.6 Å². The summed E-state index contributed by atoms with van der Waals surface area (Å²) < 4.78 is 5.30. The minimum absolute atomic E-state index is 0.808. The molecule has 0 aromatic carbocycles. The molecule has 0 radical (unpaired) electrons. The van der Waals surface area contributed by atoms with E-state index in [1.54, 1.807) is 0 Å². The van der Waals surface area contributed by atoms with Crippen molar-refractivity contribution in [2.24, 2.45) is 10.9 Å². The molecular weight excluding hydrogens is 152 g/mol. The molecule has 0 bridgehead atoms. The lowest BCUT2D eigenvalue weighted by Gasteiger charge is -2.21. The molecule has 2 aliphatic rings. The minimum Gasteiger partial charge on any atom is -0.381 e. The SMILES string of the molecule is C1CNC(CC2CCOCC2)=N1. The van der Waals surface area contributed by atoms with Crippen molar-refractivity contribution in [2.45, 2.75) is 19.3 Å². The average Bonchev–Trinajstić information content (AvgIpc) is 2.59. The summed E-state index contributed by atoms with van der Waals surface area (Å²) in [6, 6.07) is 0. The van der Waals surface area contributed by atoms with Crippen LogP contribution in [0, 0.1) is 5.92 Å². The predicted octanol–water partition coefficient (Wildman–Crippen LogP) is 0.805. The molecule has 2 heterocycles. The zero-order valence-corrected chi connectivity index (χ0v) is 7.38. The second kappa shape index (κ2) is 3.90. The topological polar surface area (TPSA) is 33.6 Å². The van der Waals surface area contributed by atoms with Gasteiger partial charge in [0.15, 0.2) is 0 Å². The Morgan fingerprint density at radius 3 is 2.92 bits per heavy atom. The van der Waals surface area contributed by atoms with Crippen LogP contribution in [0.1, 0.15) is 19.3 Å². The third-order valence-electron chi connectivity index (χ3n) is 2.57. The number of nitrogens with one attached hydrogen (secondary N) is 1. The summed E-state index contributed by atoms with van der Waals surface area (Å²) in [6.45, 7) is 3.90. The fraction of sp³-hybridized carbons (Fsp3) is 0.889. The maximum Gasteiger partial charge on any atom is 0.0967 e. The number of hydrogen-bond acceptors (Lipinski definition) is 3. The average molecular weight is 168 g/mol. The lowest BCUT2D eigenvalue weighted by Crippen LogP contribution is -2.24. The largest absolute Gasteiger partial charge is 0.381 e. The highest BCUT2D eigenvalue weighted by Crippen LogP contribution is 2.18. The van der Waals surface area contributed by atoms with Crippen molar-refractivity contribution in [3.05, 3.63) is 0 Å². The van der Waals surface area contributed by atoms with Crippen LogP contribution < -0.4 is 5.32 Å². The summed E-state index contributed by atoms with van der Waals surface area (Å²) in [6.07, 6.45) is 3.56. The molecule has 2 aliphatic heterocycles. The van der Waals surface area contributed by atoms with E-state index in [9.17, 15) is 0 Å². The van der Waals surface area contributed by atoms with E-state index in [2.05, 4.69) is 10.3 Å². The molecule has 0 saturated carbocycles. The lowest BCUT2D eigenvalue weighted by molar-refractivity contribution is 0.0683. The van der Waals surface area contributed by atoms with Gasteiger partial charge < -0.3 is 10.1 Å². The van der Waals surface area contributed by atoms with E-state index in [0.29, 0.717) is 0 Å². The first kappa shape index (κ1) is 8.05. The molecule has 3 nitrogen and oxygen atoms in total. The van der Waals surface area contributed by atoms with Crippen molar-refractivity contribution in [1.82, 2.24) is 5.32 Å². The van der Waals surface area contributed by atoms with Crippen LogP contribution in [0.3, 0.4) is 0 Å². The molecule has 1 saturated heterocycles. The van der Waals surface area contributed by atoms with Crippen LogP contribution in [0.15, 0.2) is 4.99 Å². The molecule has 1 fully saturated rings. The van der Waals surface area contributed by atoms with Gasteiger partial charge in [-0.3, -0.25) is 4.99 Å². The Kier molecular flexibility index (Phi) is 2.61. The van der Waals surface area contributed by atoms with E-state index in [-0.39, 0.29) is 0 Å². The van der Waals surface area contributed by atoms with Gasteiger partial charge in [-0.15, -0.1) is 0 Å². The van der Waals surface area contributed by atoms with Crippen LogP contribution in [0.25, 0.3) is 0 Å². The summed E-state index contributed by atoms with van der Waals surface area (Å²) in [5, 5.41) is 3.31. The maximum atomic E-state index is 5.30. The van der Waals surface area contributed by atoms with E-state index in [1.165, 1.54) is 18.7 Å². The molecule has 1 N–H and O–H groups in total. The summed E-state index contributed by atoms with van der Waals surface area (Å²) in [7, 11) is 0. The molecule has 3 heteroatoms. The van der Waals surface area contributed by atoms with Crippen LogP contribution in [-0.4, -0.2) is 32.1 Å². The van der Waals surface area contributed by atoms with Crippen LogP contribution in [0.2, 0.25) is 0 Å². The molecule has 0 spiro atoms. The van der Waals surface area contributed by atoms with Gasteiger partial charge in [0.1, 0.15) is 0 Å². The Balaban J connectivity index is 1.77. The van der Waals surface area contributed by atoms with Crippen LogP contribution in [0.4, 0.5) is 0 Å². The Morgan fingerprint density at radius 1 is 1.42 bits per heavy atom. The van der Waals surface area contributed by atoms with Crippen molar-refractivity contribution in [1.29, 1.82) is 0 Å². The van der Waals surface area contributed by atoms with Gasteiger partial charge >= 0.3 is 0 Å². The van der Waals surface area contributed by atoms with Gasteiger partial charge in [0.25, 0.3) is 0 Å². The Hall–Kier alpha value is -0.570. The number of rotatable bonds is 2. The highest BCUT2D eigenvalue weighted by Gasteiger charge is 2.17. The third kappa shape index (κ3) is 1.97. The smallest absolute Gasteiger partial charge is 0.0967 e. The van der Waals surface area contributed by atoms with E-state index >= 15 is 0 Å². The van der Waals surface area contributed by atoms with Gasteiger partial charge in [-0.1, -0.05) is 0 Å².